The van der Waals surface area contributed by atoms with Gasteiger partial charge in [0.25, 0.3) is 11.8 Å². The minimum absolute atomic E-state index is 0.0548. The number of hydrogen-bond donors (Lipinski definition) is 3. The van der Waals surface area contributed by atoms with Gasteiger partial charge in [-0.1, -0.05) is 0 Å². The second-order valence-electron chi connectivity index (χ2n) is 12.6. The van der Waals surface area contributed by atoms with E-state index < -0.39 is 134 Å². The lowest BCUT2D eigenvalue weighted by atomic mass is 10.0. The second kappa shape index (κ2) is 28.1. The molecule has 3 N–H and O–H groups in total. The molecule has 0 spiro atoms. The van der Waals surface area contributed by atoms with Crippen molar-refractivity contribution in [2.45, 2.75) is 118 Å². The van der Waals surface area contributed by atoms with Crippen LogP contribution in [0, 0.1) is 0 Å². The third kappa shape index (κ3) is 23.7. The zero-order valence-electron chi connectivity index (χ0n) is 35.3. The predicted octanol–water partition coefficient (Wildman–Crippen LogP) is -2.61. The van der Waals surface area contributed by atoms with Gasteiger partial charge in [0.2, 0.25) is 12.2 Å². The van der Waals surface area contributed by atoms with Crippen LogP contribution in [0.3, 0.4) is 0 Å². The van der Waals surface area contributed by atoms with Crippen molar-refractivity contribution in [3.8, 4) is 0 Å². The number of rotatable bonds is 26. The molecular formula is C36H53N3O22. The molecule has 0 aromatic rings. The standard InChI is InChI=1S/C36H53N3O22/c1-17(40)52-15-27(54-19(3)42)29(56-21(5)44)31(58-23(7)46)33(60-25(9)48)35(50)38-13-11-37-12-14-39-36(51)34(61-26(10)49)32(59-24(8)47)30(57-22(6)45)28(55-20(4)43)16-53-18(2)41/h27-34,37H,11-16H2,1-10H3,(H,38,50)(H,39,51). The summed E-state index contributed by atoms with van der Waals surface area (Å²) >= 11 is 0. The molecule has 0 saturated carbocycles. The minimum atomic E-state index is -2.03. The summed E-state index contributed by atoms with van der Waals surface area (Å²) < 4.78 is 51.4. The molecule has 25 heteroatoms. The molecule has 0 fully saturated rings. The predicted molar refractivity (Wildman–Crippen MR) is 197 cm³/mol. The number of nitrogens with one attached hydrogen (secondary N) is 3. The molecule has 0 saturated heterocycles. The van der Waals surface area contributed by atoms with Crippen LogP contribution in [0.1, 0.15) is 69.2 Å². The lowest BCUT2D eigenvalue weighted by molar-refractivity contribution is -0.203. The third-order valence-corrected chi connectivity index (χ3v) is 7.03. The van der Waals surface area contributed by atoms with E-state index in [2.05, 4.69) is 16.0 Å². The molecule has 0 aromatic carbocycles. The highest BCUT2D eigenvalue weighted by Gasteiger charge is 2.48. The van der Waals surface area contributed by atoms with Crippen molar-refractivity contribution >= 4 is 71.5 Å². The van der Waals surface area contributed by atoms with Crippen LogP contribution in [0.15, 0.2) is 0 Å². The summed E-state index contributed by atoms with van der Waals surface area (Å²) in [5.41, 5.74) is 0. The molecule has 61 heavy (non-hydrogen) atoms. The van der Waals surface area contributed by atoms with E-state index in [-0.39, 0.29) is 26.2 Å². The molecule has 8 atom stereocenters. The fraction of sp³-hybridized carbons (Fsp3) is 0.667. The molecule has 0 aliphatic heterocycles. The lowest BCUT2D eigenvalue weighted by Crippen LogP contribution is -2.57. The zero-order valence-corrected chi connectivity index (χ0v) is 35.3. The highest BCUT2D eigenvalue weighted by molar-refractivity contribution is 5.85. The Hall–Kier alpha value is -6.40. The van der Waals surface area contributed by atoms with E-state index in [9.17, 15) is 57.5 Å². The van der Waals surface area contributed by atoms with Crippen molar-refractivity contribution in [3.05, 3.63) is 0 Å². The molecule has 8 unspecified atom stereocenters. The summed E-state index contributed by atoms with van der Waals surface area (Å²) in [6.45, 7) is 7.51. The van der Waals surface area contributed by atoms with Gasteiger partial charge in [0.1, 0.15) is 13.2 Å². The second-order valence-corrected chi connectivity index (χ2v) is 12.6. The topological polar surface area (TPSA) is 333 Å². The number of carbonyl (C=O) groups excluding carboxylic acids is 12. The summed E-state index contributed by atoms with van der Waals surface area (Å²) in [6.07, 6.45) is -15.0. The van der Waals surface area contributed by atoms with Gasteiger partial charge in [-0.3, -0.25) is 57.5 Å². The van der Waals surface area contributed by atoms with Crippen LogP contribution < -0.4 is 16.0 Å². The van der Waals surface area contributed by atoms with Gasteiger partial charge in [0.05, 0.1) is 0 Å². The number of esters is 10. The molecule has 2 amide bonds. The fourth-order valence-electron chi connectivity index (χ4n) is 5.07. The van der Waals surface area contributed by atoms with Gasteiger partial charge in [-0.2, -0.15) is 0 Å². The van der Waals surface area contributed by atoms with E-state index in [0.717, 1.165) is 69.2 Å². The van der Waals surface area contributed by atoms with Crippen LogP contribution >= 0.6 is 0 Å². The first-order valence-electron chi connectivity index (χ1n) is 18.3. The van der Waals surface area contributed by atoms with E-state index in [4.69, 9.17) is 47.4 Å². The van der Waals surface area contributed by atoms with E-state index in [1.165, 1.54) is 0 Å². The van der Waals surface area contributed by atoms with E-state index in [1.807, 2.05) is 0 Å². The lowest BCUT2D eigenvalue weighted by Gasteiger charge is -2.34. The minimum Gasteiger partial charge on any atom is -0.462 e. The van der Waals surface area contributed by atoms with Crippen LogP contribution in [-0.4, -0.2) is 160 Å². The Morgan fingerprint density at radius 2 is 0.590 bits per heavy atom. The summed E-state index contributed by atoms with van der Waals surface area (Å²) in [5.74, 6) is -12.0. The van der Waals surface area contributed by atoms with Crippen LogP contribution in [0.2, 0.25) is 0 Å². The van der Waals surface area contributed by atoms with Gasteiger partial charge in [0, 0.05) is 95.4 Å². The normalized spacial score (nSPS) is 14.5. The maximum atomic E-state index is 13.4. The van der Waals surface area contributed by atoms with Crippen molar-refractivity contribution in [3.63, 3.8) is 0 Å². The fourth-order valence-corrected chi connectivity index (χ4v) is 5.07. The summed E-state index contributed by atoms with van der Waals surface area (Å²) in [5, 5.41) is 7.68. The van der Waals surface area contributed by atoms with Gasteiger partial charge < -0.3 is 63.3 Å². The van der Waals surface area contributed by atoms with Crippen LogP contribution in [0.5, 0.6) is 0 Å². The molecule has 0 aromatic heterocycles. The molecule has 0 heterocycles. The molecule has 0 radical (unpaired) electrons. The summed E-state index contributed by atoms with van der Waals surface area (Å²) in [7, 11) is 0. The molecule has 0 bridgehead atoms. The largest absolute Gasteiger partial charge is 0.462 e. The Bertz CT molecular complexity index is 1490. The average molecular weight is 880 g/mol. The molecule has 0 rings (SSSR count). The van der Waals surface area contributed by atoms with Gasteiger partial charge in [-0.05, 0) is 0 Å². The maximum absolute atomic E-state index is 13.4. The quantitative estimate of drug-likeness (QED) is 0.0455. The van der Waals surface area contributed by atoms with Gasteiger partial charge in [0.15, 0.2) is 36.6 Å². The van der Waals surface area contributed by atoms with Crippen molar-refractivity contribution in [2.24, 2.45) is 0 Å². The highest BCUT2D eigenvalue weighted by Crippen LogP contribution is 2.22. The van der Waals surface area contributed by atoms with Gasteiger partial charge >= 0.3 is 59.7 Å². The summed E-state index contributed by atoms with van der Waals surface area (Å²) in [4.78, 5) is 147. The van der Waals surface area contributed by atoms with Crippen molar-refractivity contribution in [1.29, 1.82) is 0 Å². The van der Waals surface area contributed by atoms with E-state index in [1.54, 1.807) is 0 Å². The Balaban J connectivity index is 6.16. The Morgan fingerprint density at radius 3 is 0.836 bits per heavy atom. The number of amides is 2. The highest BCUT2D eigenvalue weighted by atomic mass is 16.7. The zero-order chi connectivity index (χ0) is 47.0. The molecule has 0 aliphatic carbocycles. The number of ether oxygens (including phenoxy) is 10. The molecule has 0 aliphatic rings. The summed E-state index contributed by atoms with van der Waals surface area (Å²) in [6, 6.07) is 0. The molecular weight excluding hydrogens is 826 g/mol. The molecule has 344 valence electrons. The van der Waals surface area contributed by atoms with Crippen molar-refractivity contribution in [1.82, 2.24) is 16.0 Å². The maximum Gasteiger partial charge on any atom is 0.303 e. The van der Waals surface area contributed by atoms with Crippen LogP contribution in [-0.2, 0) is 105 Å². The van der Waals surface area contributed by atoms with Crippen molar-refractivity contribution in [2.75, 3.05) is 39.4 Å². The van der Waals surface area contributed by atoms with E-state index >= 15 is 0 Å². The SMILES string of the molecule is CC(=O)OCC(OC(C)=O)C(OC(C)=O)C(OC(C)=O)C(OC(C)=O)C(=O)NCCNCCNC(=O)C(OC(C)=O)C(OC(C)=O)C(OC(C)=O)C(COC(C)=O)OC(C)=O. The first kappa shape index (κ1) is 54.6. The first-order valence-corrected chi connectivity index (χ1v) is 18.3. The van der Waals surface area contributed by atoms with Gasteiger partial charge in [-0.25, -0.2) is 0 Å². The monoisotopic (exact) mass is 879 g/mol. The van der Waals surface area contributed by atoms with Gasteiger partial charge in [-0.15, -0.1) is 0 Å². The van der Waals surface area contributed by atoms with Crippen molar-refractivity contribution < 1.29 is 105 Å². The van der Waals surface area contributed by atoms with E-state index in [0.29, 0.717) is 0 Å². The number of hydrogen-bond acceptors (Lipinski definition) is 23. The average Bonchev–Trinajstić information content (AvgIpc) is 3.11. The van der Waals surface area contributed by atoms with Crippen LogP contribution in [0.4, 0.5) is 0 Å². The Morgan fingerprint density at radius 1 is 0.328 bits per heavy atom. The number of carbonyl (C=O) groups is 12. The Labute approximate surface area is 349 Å². The smallest absolute Gasteiger partial charge is 0.303 e. The Kier molecular flexibility index (Phi) is 25.2. The third-order valence-electron chi connectivity index (χ3n) is 7.03. The van der Waals surface area contributed by atoms with Crippen LogP contribution in [0.25, 0.3) is 0 Å². The molecule has 25 nitrogen and oxygen atoms in total. The first-order chi connectivity index (χ1) is 28.3.